The van der Waals surface area contributed by atoms with E-state index in [0.717, 1.165) is 10.7 Å². The van der Waals surface area contributed by atoms with Gasteiger partial charge in [-0.2, -0.15) is 0 Å². The number of ether oxygens (including phenoxy) is 1. The molecule has 0 aliphatic heterocycles. The molecule has 1 unspecified atom stereocenters. The first-order valence-corrected chi connectivity index (χ1v) is 7.49. The third-order valence-electron chi connectivity index (χ3n) is 2.86. The van der Waals surface area contributed by atoms with Crippen molar-refractivity contribution in [3.8, 4) is 5.75 Å². The van der Waals surface area contributed by atoms with E-state index < -0.39 is 4.92 Å². The topological polar surface area (TPSA) is 77.3 Å². The van der Waals surface area contributed by atoms with Crippen molar-refractivity contribution in [1.29, 1.82) is 0 Å². The van der Waals surface area contributed by atoms with E-state index in [1.807, 2.05) is 19.2 Å². The summed E-state index contributed by atoms with van der Waals surface area (Å²) in [5, 5.41) is 17.3. The lowest BCUT2D eigenvalue weighted by Gasteiger charge is -2.14. The van der Waals surface area contributed by atoms with E-state index in [9.17, 15) is 10.1 Å². The first kappa shape index (κ1) is 15.2. The maximum absolute atomic E-state index is 11.3. The van der Waals surface area contributed by atoms with Crippen LogP contribution in [0.3, 0.4) is 0 Å². The van der Waals surface area contributed by atoms with Gasteiger partial charge in [-0.1, -0.05) is 6.07 Å². The number of rotatable bonds is 6. The SMILES string of the molecule is CCOc1cccc(NC(C)c2nc(C)cs2)c1[N+](=O)[O-]. The number of benzene rings is 1. The van der Waals surface area contributed by atoms with E-state index in [-0.39, 0.29) is 17.5 Å². The van der Waals surface area contributed by atoms with Crippen LogP contribution < -0.4 is 10.1 Å². The molecule has 1 heterocycles. The van der Waals surface area contributed by atoms with Crippen LogP contribution in [0.4, 0.5) is 11.4 Å². The van der Waals surface area contributed by atoms with Crippen LogP contribution in [0.1, 0.15) is 30.6 Å². The Bertz CT molecular complexity index is 642. The summed E-state index contributed by atoms with van der Waals surface area (Å²) in [6, 6.07) is 4.90. The van der Waals surface area contributed by atoms with Crippen molar-refractivity contribution in [2.24, 2.45) is 0 Å². The van der Waals surface area contributed by atoms with Gasteiger partial charge in [-0.25, -0.2) is 4.98 Å². The number of aryl methyl sites for hydroxylation is 1. The second-order valence-electron chi connectivity index (χ2n) is 4.54. The number of nitro benzene ring substituents is 1. The van der Waals surface area contributed by atoms with E-state index >= 15 is 0 Å². The highest BCUT2D eigenvalue weighted by Gasteiger charge is 2.22. The van der Waals surface area contributed by atoms with E-state index in [0.29, 0.717) is 12.3 Å². The molecule has 1 aromatic carbocycles. The molecule has 2 rings (SSSR count). The van der Waals surface area contributed by atoms with Gasteiger partial charge in [0.25, 0.3) is 0 Å². The molecule has 0 aliphatic carbocycles. The second-order valence-corrected chi connectivity index (χ2v) is 5.43. The number of nitro groups is 1. The summed E-state index contributed by atoms with van der Waals surface area (Å²) in [6.45, 7) is 6.02. The van der Waals surface area contributed by atoms with Gasteiger partial charge in [0.15, 0.2) is 5.75 Å². The van der Waals surface area contributed by atoms with Crippen molar-refractivity contribution in [2.45, 2.75) is 26.8 Å². The van der Waals surface area contributed by atoms with Crippen LogP contribution in [0.2, 0.25) is 0 Å². The molecule has 0 amide bonds. The zero-order chi connectivity index (χ0) is 15.4. The fourth-order valence-corrected chi connectivity index (χ4v) is 2.77. The van der Waals surface area contributed by atoms with Gasteiger partial charge in [0.2, 0.25) is 0 Å². The van der Waals surface area contributed by atoms with Gasteiger partial charge in [0, 0.05) is 11.1 Å². The third kappa shape index (κ3) is 3.49. The van der Waals surface area contributed by atoms with Crippen LogP contribution in [-0.4, -0.2) is 16.5 Å². The Kier molecular flexibility index (Phi) is 4.74. The van der Waals surface area contributed by atoms with Crippen molar-refractivity contribution < 1.29 is 9.66 Å². The number of thiazole rings is 1. The zero-order valence-corrected chi connectivity index (χ0v) is 12.9. The van der Waals surface area contributed by atoms with Gasteiger partial charge in [-0.3, -0.25) is 10.1 Å². The summed E-state index contributed by atoms with van der Waals surface area (Å²) in [4.78, 5) is 15.3. The molecule has 2 aromatic rings. The normalized spacial score (nSPS) is 12.0. The Hall–Kier alpha value is -2.15. The van der Waals surface area contributed by atoms with Crippen molar-refractivity contribution in [2.75, 3.05) is 11.9 Å². The Balaban J connectivity index is 2.30. The highest BCUT2D eigenvalue weighted by Crippen LogP contribution is 2.36. The number of nitrogens with zero attached hydrogens (tertiary/aromatic N) is 2. The largest absolute Gasteiger partial charge is 0.487 e. The van der Waals surface area contributed by atoms with Crippen LogP contribution >= 0.6 is 11.3 Å². The first-order valence-electron chi connectivity index (χ1n) is 6.61. The van der Waals surface area contributed by atoms with Gasteiger partial charge >= 0.3 is 5.69 Å². The summed E-state index contributed by atoms with van der Waals surface area (Å²) in [7, 11) is 0. The predicted molar refractivity (Wildman–Crippen MR) is 83.2 cm³/mol. The van der Waals surface area contributed by atoms with Crippen LogP contribution in [-0.2, 0) is 0 Å². The molecule has 0 fully saturated rings. The maximum atomic E-state index is 11.3. The molecule has 6 nitrogen and oxygen atoms in total. The quantitative estimate of drug-likeness (QED) is 0.646. The number of para-hydroxylation sites is 1. The van der Waals surface area contributed by atoms with Gasteiger partial charge < -0.3 is 10.1 Å². The summed E-state index contributed by atoms with van der Waals surface area (Å²) in [5.74, 6) is 0.273. The molecule has 0 aliphatic rings. The lowest BCUT2D eigenvalue weighted by Crippen LogP contribution is -2.09. The van der Waals surface area contributed by atoms with Crippen LogP contribution in [0, 0.1) is 17.0 Å². The summed E-state index contributed by atoms with van der Waals surface area (Å²) >= 11 is 1.53. The Morgan fingerprint density at radius 1 is 1.52 bits per heavy atom. The molecule has 1 aromatic heterocycles. The highest BCUT2D eigenvalue weighted by atomic mass is 32.1. The van der Waals surface area contributed by atoms with E-state index in [1.54, 1.807) is 25.1 Å². The number of anilines is 1. The van der Waals surface area contributed by atoms with Crippen molar-refractivity contribution in [3.63, 3.8) is 0 Å². The van der Waals surface area contributed by atoms with Crippen LogP contribution in [0.25, 0.3) is 0 Å². The molecule has 0 saturated carbocycles. The molecule has 1 atom stereocenters. The van der Waals surface area contributed by atoms with Crippen molar-refractivity contribution in [3.05, 3.63) is 44.4 Å². The molecule has 21 heavy (non-hydrogen) atoms. The Morgan fingerprint density at radius 3 is 2.86 bits per heavy atom. The lowest BCUT2D eigenvalue weighted by atomic mass is 10.2. The van der Waals surface area contributed by atoms with Crippen LogP contribution in [0.5, 0.6) is 5.75 Å². The minimum atomic E-state index is -0.423. The first-order chi connectivity index (χ1) is 10.0. The van der Waals surface area contributed by atoms with Crippen molar-refractivity contribution >= 4 is 22.7 Å². The summed E-state index contributed by atoms with van der Waals surface area (Å²) in [6.07, 6.45) is 0. The number of hydrogen-bond acceptors (Lipinski definition) is 6. The maximum Gasteiger partial charge on any atom is 0.333 e. The average Bonchev–Trinajstić information content (AvgIpc) is 2.86. The predicted octanol–water partition coefficient (Wildman–Crippen LogP) is 3.93. The molecule has 1 N–H and O–H groups in total. The van der Waals surface area contributed by atoms with E-state index in [2.05, 4.69) is 10.3 Å². The number of aromatic nitrogens is 1. The molecule has 0 spiro atoms. The standard InChI is InChI=1S/C14H17N3O3S/c1-4-20-12-7-5-6-11(13(12)17(18)19)16-10(3)14-15-9(2)8-21-14/h5-8,10,16H,4H2,1-3H3. The summed E-state index contributed by atoms with van der Waals surface area (Å²) in [5.41, 5.74) is 1.34. The second kappa shape index (κ2) is 6.53. The molecular weight excluding hydrogens is 290 g/mol. The average molecular weight is 307 g/mol. The van der Waals surface area contributed by atoms with Crippen molar-refractivity contribution in [1.82, 2.24) is 4.98 Å². The molecule has 7 heteroatoms. The molecule has 0 saturated heterocycles. The van der Waals surface area contributed by atoms with Gasteiger partial charge in [0.1, 0.15) is 10.7 Å². The molecule has 0 radical (unpaired) electrons. The zero-order valence-electron chi connectivity index (χ0n) is 12.1. The fraction of sp³-hybridized carbons (Fsp3) is 0.357. The number of hydrogen-bond donors (Lipinski definition) is 1. The van der Waals surface area contributed by atoms with Gasteiger partial charge in [-0.05, 0) is 32.9 Å². The number of nitrogens with one attached hydrogen (secondary N) is 1. The Labute approximate surface area is 126 Å². The molecular formula is C14H17N3O3S. The van der Waals surface area contributed by atoms with Crippen LogP contribution in [0.15, 0.2) is 23.6 Å². The Morgan fingerprint density at radius 2 is 2.29 bits per heavy atom. The minimum absolute atomic E-state index is 0.0421. The lowest BCUT2D eigenvalue weighted by molar-refractivity contribution is -0.385. The minimum Gasteiger partial charge on any atom is -0.487 e. The summed E-state index contributed by atoms with van der Waals surface area (Å²) < 4.78 is 5.34. The third-order valence-corrected chi connectivity index (χ3v) is 4.01. The van der Waals surface area contributed by atoms with E-state index in [1.165, 1.54) is 11.3 Å². The smallest absolute Gasteiger partial charge is 0.333 e. The highest BCUT2D eigenvalue weighted by molar-refractivity contribution is 7.09. The van der Waals surface area contributed by atoms with Gasteiger partial charge in [0.05, 0.1) is 17.6 Å². The molecule has 0 bridgehead atoms. The molecule has 112 valence electrons. The van der Waals surface area contributed by atoms with Gasteiger partial charge in [-0.15, -0.1) is 11.3 Å². The van der Waals surface area contributed by atoms with E-state index in [4.69, 9.17) is 4.74 Å². The fourth-order valence-electron chi connectivity index (χ4n) is 1.97. The monoisotopic (exact) mass is 307 g/mol.